The van der Waals surface area contributed by atoms with Crippen LogP contribution in [0.5, 0.6) is 11.5 Å². The summed E-state index contributed by atoms with van der Waals surface area (Å²) < 4.78 is 11.2. The Labute approximate surface area is 114 Å². The zero-order valence-corrected chi connectivity index (χ0v) is 11.8. The smallest absolute Gasteiger partial charge is 0.161 e. The third-order valence-electron chi connectivity index (χ3n) is 3.52. The third kappa shape index (κ3) is 3.28. The van der Waals surface area contributed by atoms with Crippen LogP contribution in [-0.2, 0) is 4.79 Å². The van der Waals surface area contributed by atoms with Gasteiger partial charge < -0.3 is 9.47 Å². The predicted octanol–water partition coefficient (Wildman–Crippen LogP) is 3.71. The molecule has 0 radical (unpaired) electrons. The van der Waals surface area contributed by atoms with Gasteiger partial charge in [0.2, 0.25) is 0 Å². The summed E-state index contributed by atoms with van der Waals surface area (Å²) in [5, 5.41) is 0. The van der Waals surface area contributed by atoms with E-state index in [0.717, 1.165) is 36.3 Å². The number of ether oxygens (including phenoxy) is 2. The van der Waals surface area contributed by atoms with Crippen molar-refractivity contribution in [3.05, 3.63) is 23.8 Å². The molecule has 1 unspecified atom stereocenters. The molecule has 0 saturated heterocycles. The van der Waals surface area contributed by atoms with Crippen LogP contribution in [0.1, 0.15) is 51.0 Å². The van der Waals surface area contributed by atoms with Crippen molar-refractivity contribution in [3.63, 3.8) is 0 Å². The minimum atomic E-state index is 0.0450. The van der Waals surface area contributed by atoms with E-state index in [9.17, 15) is 4.79 Å². The highest BCUT2D eigenvalue weighted by atomic mass is 16.5. The maximum atomic E-state index is 12.0. The first-order valence-corrected chi connectivity index (χ1v) is 7.18. The molecule has 1 atom stereocenters. The van der Waals surface area contributed by atoms with E-state index < -0.39 is 0 Å². The molecule has 0 aromatic heterocycles. The molecule has 0 bridgehead atoms. The van der Waals surface area contributed by atoms with Crippen molar-refractivity contribution in [1.29, 1.82) is 0 Å². The predicted molar refractivity (Wildman–Crippen MR) is 75.0 cm³/mol. The second-order valence-electron chi connectivity index (χ2n) is 4.84. The summed E-state index contributed by atoms with van der Waals surface area (Å²) in [6.45, 7) is 5.12. The van der Waals surface area contributed by atoms with Crippen LogP contribution in [0.4, 0.5) is 0 Å². The lowest BCUT2D eigenvalue weighted by Crippen LogP contribution is -2.17. The minimum absolute atomic E-state index is 0.0450. The van der Waals surface area contributed by atoms with Crippen molar-refractivity contribution in [2.75, 3.05) is 13.2 Å². The number of hydrogen-bond donors (Lipinski definition) is 0. The van der Waals surface area contributed by atoms with Gasteiger partial charge in [-0.3, -0.25) is 4.79 Å². The van der Waals surface area contributed by atoms with Gasteiger partial charge in [0.05, 0.1) is 13.2 Å². The van der Waals surface area contributed by atoms with E-state index in [1.54, 1.807) is 0 Å². The van der Waals surface area contributed by atoms with Crippen LogP contribution in [0.15, 0.2) is 18.2 Å². The molecular formula is C16H22O3. The van der Waals surface area contributed by atoms with Crippen molar-refractivity contribution in [2.24, 2.45) is 0 Å². The van der Waals surface area contributed by atoms with Gasteiger partial charge in [0.15, 0.2) is 11.5 Å². The molecule has 104 valence electrons. The fourth-order valence-corrected chi connectivity index (χ4v) is 2.62. The highest BCUT2D eigenvalue weighted by molar-refractivity contribution is 5.86. The van der Waals surface area contributed by atoms with Crippen molar-refractivity contribution in [2.45, 2.75) is 45.4 Å². The first kappa shape index (κ1) is 13.9. The maximum absolute atomic E-state index is 12.0. The fourth-order valence-electron chi connectivity index (χ4n) is 2.62. The second kappa shape index (κ2) is 6.60. The SMILES string of the molecule is CCOc1ccc(C2CCCCC2=O)cc1OCC. The largest absolute Gasteiger partial charge is 0.490 e. The van der Waals surface area contributed by atoms with Gasteiger partial charge >= 0.3 is 0 Å². The Morgan fingerprint density at radius 1 is 1.11 bits per heavy atom. The van der Waals surface area contributed by atoms with Gasteiger partial charge in [0, 0.05) is 12.3 Å². The molecular weight excluding hydrogens is 240 g/mol. The van der Waals surface area contributed by atoms with Gasteiger partial charge in [-0.25, -0.2) is 0 Å². The van der Waals surface area contributed by atoms with E-state index in [-0.39, 0.29) is 5.92 Å². The molecule has 1 aliphatic carbocycles. The van der Waals surface area contributed by atoms with E-state index in [1.165, 1.54) is 0 Å². The van der Waals surface area contributed by atoms with Crippen molar-refractivity contribution < 1.29 is 14.3 Å². The average Bonchev–Trinajstić information content (AvgIpc) is 2.42. The van der Waals surface area contributed by atoms with Crippen LogP contribution in [0.2, 0.25) is 0 Å². The molecule has 3 heteroatoms. The van der Waals surface area contributed by atoms with Gasteiger partial charge in [0.1, 0.15) is 5.78 Å². The lowest BCUT2D eigenvalue weighted by molar-refractivity contribution is -0.121. The van der Waals surface area contributed by atoms with Gasteiger partial charge in [-0.1, -0.05) is 12.5 Å². The van der Waals surface area contributed by atoms with E-state index in [2.05, 4.69) is 0 Å². The zero-order chi connectivity index (χ0) is 13.7. The number of hydrogen-bond acceptors (Lipinski definition) is 3. The summed E-state index contributed by atoms with van der Waals surface area (Å²) in [6.07, 6.45) is 3.83. The summed E-state index contributed by atoms with van der Waals surface area (Å²) in [5.74, 6) is 1.91. The summed E-state index contributed by atoms with van der Waals surface area (Å²) in [4.78, 5) is 12.0. The van der Waals surface area contributed by atoms with Crippen molar-refractivity contribution >= 4 is 5.78 Å². The van der Waals surface area contributed by atoms with Crippen LogP contribution in [-0.4, -0.2) is 19.0 Å². The second-order valence-corrected chi connectivity index (χ2v) is 4.84. The molecule has 1 aliphatic rings. The minimum Gasteiger partial charge on any atom is -0.490 e. The number of rotatable bonds is 5. The molecule has 3 nitrogen and oxygen atoms in total. The molecule has 0 aliphatic heterocycles. The van der Waals surface area contributed by atoms with Gasteiger partial charge in [-0.15, -0.1) is 0 Å². The standard InChI is InChI=1S/C16H22O3/c1-3-18-15-10-9-12(11-16(15)19-4-2)13-7-5-6-8-14(13)17/h9-11,13H,3-8H2,1-2H3. The van der Waals surface area contributed by atoms with Gasteiger partial charge in [-0.05, 0) is 44.4 Å². The van der Waals surface area contributed by atoms with E-state index in [0.29, 0.717) is 25.4 Å². The molecule has 1 aromatic rings. The molecule has 0 spiro atoms. The number of carbonyl (C=O) groups excluding carboxylic acids is 1. The monoisotopic (exact) mass is 262 g/mol. The lowest BCUT2D eigenvalue weighted by atomic mass is 9.83. The Hall–Kier alpha value is -1.51. The molecule has 1 fully saturated rings. The Bertz CT molecular complexity index is 440. The Morgan fingerprint density at radius 3 is 2.53 bits per heavy atom. The number of benzene rings is 1. The molecule has 2 rings (SSSR count). The molecule has 0 N–H and O–H groups in total. The van der Waals surface area contributed by atoms with E-state index in [4.69, 9.17) is 9.47 Å². The highest BCUT2D eigenvalue weighted by Gasteiger charge is 2.24. The first-order valence-electron chi connectivity index (χ1n) is 7.18. The van der Waals surface area contributed by atoms with Crippen molar-refractivity contribution in [3.8, 4) is 11.5 Å². The summed E-state index contributed by atoms with van der Waals surface area (Å²) >= 11 is 0. The fraction of sp³-hybridized carbons (Fsp3) is 0.562. The molecule has 1 saturated carbocycles. The summed E-state index contributed by atoms with van der Waals surface area (Å²) in [7, 11) is 0. The first-order chi connectivity index (χ1) is 9.26. The number of carbonyl (C=O) groups is 1. The van der Waals surface area contributed by atoms with Crippen LogP contribution in [0.25, 0.3) is 0 Å². The maximum Gasteiger partial charge on any atom is 0.161 e. The van der Waals surface area contributed by atoms with Crippen LogP contribution in [0, 0.1) is 0 Å². The van der Waals surface area contributed by atoms with Gasteiger partial charge in [-0.2, -0.15) is 0 Å². The van der Waals surface area contributed by atoms with Crippen LogP contribution >= 0.6 is 0 Å². The zero-order valence-electron chi connectivity index (χ0n) is 11.8. The topological polar surface area (TPSA) is 35.5 Å². The van der Waals surface area contributed by atoms with Crippen LogP contribution < -0.4 is 9.47 Å². The van der Waals surface area contributed by atoms with Crippen LogP contribution in [0.3, 0.4) is 0 Å². The number of ketones is 1. The quantitative estimate of drug-likeness (QED) is 0.811. The Kier molecular flexibility index (Phi) is 4.83. The number of Topliss-reactive ketones (excluding diaryl/α,β-unsaturated/α-hetero) is 1. The molecule has 0 heterocycles. The van der Waals surface area contributed by atoms with Crippen molar-refractivity contribution in [1.82, 2.24) is 0 Å². The Morgan fingerprint density at radius 2 is 1.84 bits per heavy atom. The highest BCUT2D eigenvalue weighted by Crippen LogP contribution is 2.35. The Balaban J connectivity index is 2.25. The molecule has 1 aromatic carbocycles. The normalized spacial score (nSPS) is 19.3. The molecule has 0 amide bonds. The summed E-state index contributed by atoms with van der Waals surface area (Å²) in [5.41, 5.74) is 1.07. The van der Waals surface area contributed by atoms with E-state index in [1.807, 2.05) is 32.0 Å². The molecule has 19 heavy (non-hydrogen) atoms. The lowest BCUT2D eigenvalue weighted by Gasteiger charge is -2.22. The average molecular weight is 262 g/mol. The van der Waals surface area contributed by atoms with Gasteiger partial charge in [0.25, 0.3) is 0 Å². The summed E-state index contributed by atoms with van der Waals surface area (Å²) in [6, 6.07) is 5.90. The van der Waals surface area contributed by atoms with E-state index >= 15 is 0 Å². The third-order valence-corrected chi connectivity index (χ3v) is 3.52.